The molecule has 0 amide bonds. The maximum atomic E-state index is 14.0. The summed E-state index contributed by atoms with van der Waals surface area (Å²) in [6, 6.07) is 20.2. The summed E-state index contributed by atoms with van der Waals surface area (Å²) in [7, 11) is 0. The number of hydrogen-bond acceptors (Lipinski definition) is 2. The number of carboxylic acids is 1. The van der Waals surface area contributed by atoms with Crippen molar-refractivity contribution in [3.63, 3.8) is 0 Å². The summed E-state index contributed by atoms with van der Waals surface area (Å²) in [5, 5.41) is 9.58. The Bertz CT molecular complexity index is 1360. The second-order valence-corrected chi connectivity index (χ2v) is 8.63. The van der Waals surface area contributed by atoms with Gasteiger partial charge in [0.25, 0.3) is 0 Å². The van der Waals surface area contributed by atoms with Crippen LogP contribution in [0.5, 0.6) is 5.75 Å². The lowest BCUT2D eigenvalue weighted by Crippen LogP contribution is -2.55. The van der Waals surface area contributed by atoms with Gasteiger partial charge in [0.15, 0.2) is 0 Å². The molecule has 10 heteroatoms. The van der Waals surface area contributed by atoms with Crippen LogP contribution in [-0.2, 0) is 29.5 Å². The van der Waals surface area contributed by atoms with Gasteiger partial charge in [0.2, 0.25) is 5.54 Å². The van der Waals surface area contributed by atoms with Gasteiger partial charge in [-0.1, -0.05) is 48.5 Å². The lowest BCUT2D eigenvalue weighted by Gasteiger charge is -2.33. The van der Waals surface area contributed by atoms with Gasteiger partial charge in [-0.2, -0.15) is 26.3 Å². The van der Waals surface area contributed by atoms with Gasteiger partial charge < -0.3 is 14.4 Å². The molecule has 1 atom stereocenters. The molecule has 0 aliphatic carbocycles. The van der Waals surface area contributed by atoms with Crippen LogP contribution in [-0.4, -0.2) is 21.8 Å². The van der Waals surface area contributed by atoms with E-state index in [4.69, 9.17) is 4.74 Å². The fraction of sp³-hybridized carbons (Fsp3) is 0.179. The molecule has 0 aliphatic rings. The zero-order valence-corrected chi connectivity index (χ0v) is 19.6. The van der Waals surface area contributed by atoms with Gasteiger partial charge in [-0.15, -0.1) is 0 Å². The Labute approximate surface area is 213 Å². The number of aliphatic carboxylic acids is 1. The lowest BCUT2D eigenvalue weighted by atomic mass is 9.89. The summed E-state index contributed by atoms with van der Waals surface area (Å²) < 4.78 is 86.6. The summed E-state index contributed by atoms with van der Waals surface area (Å²) in [4.78, 5) is 11.9. The highest BCUT2D eigenvalue weighted by Gasteiger charge is 2.62. The predicted octanol–water partition coefficient (Wildman–Crippen LogP) is 7.34. The average Bonchev–Trinajstić information content (AvgIpc) is 3.41. The van der Waals surface area contributed by atoms with Crippen molar-refractivity contribution in [1.82, 2.24) is 4.57 Å². The van der Waals surface area contributed by atoms with Crippen molar-refractivity contribution < 1.29 is 41.0 Å². The second kappa shape index (κ2) is 10.3. The standard InChI is InChI=1S/C28H21F6NO3/c29-27(30,31)23-11-9-22(10-12-23)21-7-3-20(4-8-21)18-38-24-13-5-19(6-14-24)17-26(25(36)37,28(32,33)34)35-15-1-2-16-35/h1-16H,17-18H2,(H,36,37). The highest BCUT2D eigenvalue weighted by atomic mass is 19.4. The minimum absolute atomic E-state index is 0.137. The molecule has 1 aromatic heterocycles. The topological polar surface area (TPSA) is 51.5 Å². The second-order valence-electron chi connectivity index (χ2n) is 8.63. The highest BCUT2D eigenvalue weighted by molar-refractivity contribution is 5.78. The fourth-order valence-electron chi connectivity index (χ4n) is 4.04. The summed E-state index contributed by atoms with van der Waals surface area (Å²) in [5.41, 5.74) is -1.62. The molecule has 0 spiro atoms. The molecule has 3 aromatic carbocycles. The normalized spacial score (nSPS) is 13.6. The van der Waals surface area contributed by atoms with Gasteiger partial charge in [0, 0.05) is 18.8 Å². The summed E-state index contributed by atoms with van der Waals surface area (Å²) >= 11 is 0. The molecule has 38 heavy (non-hydrogen) atoms. The first kappa shape index (κ1) is 26.8. The SMILES string of the molecule is O=C(O)C(Cc1ccc(OCc2ccc(-c3ccc(C(F)(F)F)cc3)cc2)cc1)(n1cccc1)C(F)(F)F. The molecule has 0 bridgehead atoms. The Balaban J connectivity index is 1.42. The lowest BCUT2D eigenvalue weighted by molar-refractivity contribution is -0.224. The highest BCUT2D eigenvalue weighted by Crippen LogP contribution is 2.40. The Hall–Kier alpha value is -4.21. The van der Waals surface area contributed by atoms with Crippen LogP contribution in [0.25, 0.3) is 11.1 Å². The van der Waals surface area contributed by atoms with Crippen LogP contribution in [0, 0.1) is 0 Å². The van der Waals surface area contributed by atoms with Crippen molar-refractivity contribution in [2.24, 2.45) is 0 Å². The number of carboxylic acid groups (broad SMARTS) is 1. The van der Waals surface area contributed by atoms with Crippen molar-refractivity contribution in [3.05, 3.63) is 114 Å². The van der Waals surface area contributed by atoms with E-state index in [-0.39, 0.29) is 12.2 Å². The smallest absolute Gasteiger partial charge is 0.423 e. The van der Waals surface area contributed by atoms with Crippen LogP contribution in [0.15, 0.2) is 97.3 Å². The molecular formula is C28H21F6NO3. The van der Waals surface area contributed by atoms with Crippen LogP contribution in [0.2, 0.25) is 0 Å². The first-order valence-electron chi connectivity index (χ1n) is 11.3. The van der Waals surface area contributed by atoms with Crippen molar-refractivity contribution in [3.8, 4) is 16.9 Å². The number of rotatable bonds is 8. The van der Waals surface area contributed by atoms with E-state index in [1.165, 1.54) is 48.5 Å². The molecule has 0 fully saturated rings. The van der Waals surface area contributed by atoms with Gasteiger partial charge in [-0.25, -0.2) is 4.79 Å². The first-order chi connectivity index (χ1) is 17.9. The molecule has 0 radical (unpaired) electrons. The van der Waals surface area contributed by atoms with E-state index in [9.17, 15) is 36.2 Å². The van der Waals surface area contributed by atoms with E-state index in [1.54, 1.807) is 24.3 Å². The minimum Gasteiger partial charge on any atom is -0.489 e. The van der Waals surface area contributed by atoms with E-state index in [0.29, 0.717) is 15.9 Å². The van der Waals surface area contributed by atoms with E-state index >= 15 is 0 Å². The molecule has 1 heterocycles. The number of nitrogens with zero attached hydrogens (tertiary/aromatic N) is 1. The van der Waals surface area contributed by atoms with E-state index in [0.717, 1.165) is 35.7 Å². The van der Waals surface area contributed by atoms with Gasteiger partial charge in [-0.3, -0.25) is 0 Å². The Morgan fingerprint density at radius 3 is 1.71 bits per heavy atom. The zero-order valence-electron chi connectivity index (χ0n) is 19.6. The third-order valence-electron chi connectivity index (χ3n) is 6.16. The third kappa shape index (κ3) is 5.53. The maximum absolute atomic E-state index is 14.0. The predicted molar refractivity (Wildman–Crippen MR) is 127 cm³/mol. The Kier molecular flexibility index (Phi) is 7.26. The minimum atomic E-state index is -5.06. The van der Waals surface area contributed by atoms with Crippen molar-refractivity contribution >= 4 is 5.97 Å². The number of hydrogen-bond donors (Lipinski definition) is 1. The molecule has 0 saturated heterocycles. The molecule has 0 aliphatic heterocycles. The summed E-state index contributed by atoms with van der Waals surface area (Å²) in [6.45, 7) is 0.137. The fourth-order valence-corrected chi connectivity index (χ4v) is 4.04. The van der Waals surface area contributed by atoms with Crippen LogP contribution in [0.4, 0.5) is 26.3 Å². The number of aromatic nitrogens is 1. The van der Waals surface area contributed by atoms with Gasteiger partial charge in [-0.05, 0) is 58.7 Å². The molecule has 1 N–H and O–H groups in total. The van der Waals surface area contributed by atoms with Crippen LogP contribution >= 0.6 is 0 Å². The summed E-state index contributed by atoms with van der Waals surface area (Å²) in [6.07, 6.45) is -8.13. The van der Waals surface area contributed by atoms with Crippen molar-refractivity contribution in [2.75, 3.05) is 0 Å². The monoisotopic (exact) mass is 533 g/mol. The number of carbonyl (C=O) groups is 1. The Morgan fingerprint density at radius 1 is 0.737 bits per heavy atom. The molecular weight excluding hydrogens is 512 g/mol. The average molecular weight is 533 g/mol. The summed E-state index contributed by atoms with van der Waals surface area (Å²) in [5.74, 6) is -1.64. The van der Waals surface area contributed by atoms with Crippen LogP contribution in [0.1, 0.15) is 16.7 Å². The largest absolute Gasteiger partial charge is 0.489 e. The first-order valence-corrected chi connectivity index (χ1v) is 11.3. The molecule has 4 rings (SSSR count). The van der Waals surface area contributed by atoms with Gasteiger partial charge in [0.1, 0.15) is 12.4 Å². The molecule has 4 aromatic rings. The van der Waals surface area contributed by atoms with E-state index < -0.39 is 35.8 Å². The number of ether oxygens (including phenoxy) is 1. The quantitative estimate of drug-likeness (QED) is 0.241. The van der Waals surface area contributed by atoms with Crippen molar-refractivity contribution in [2.45, 2.75) is 30.9 Å². The van der Waals surface area contributed by atoms with Gasteiger partial charge >= 0.3 is 18.3 Å². The van der Waals surface area contributed by atoms with E-state index in [1.807, 2.05) is 0 Å². The molecule has 0 saturated carbocycles. The van der Waals surface area contributed by atoms with Crippen molar-refractivity contribution in [1.29, 1.82) is 0 Å². The number of alkyl halides is 6. The van der Waals surface area contributed by atoms with Gasteiger partial charge in [0.05, 0.1) is 5.56 Å². The third-order valence-corrected chi connectivity index (χ3v) is 6.16. The van der Waals surface area contributed by atoms with Crippen LogP contribution in [0.3, 0.4) is 0 Å². The Morgan fingerprint density at radius 2 is 1.24 bits per heavy atom. The molecule has 1 unspecified atom stereocenters. The maximum Gasteiger partial charge on any atom is 0.423 e. The number of benzene rings is 3. The zero-order chi connectivity index (χ0) is 27.6. The number of halogens is 6. The van der Waals surface area contributed by atoms with E-state index in [2.05, 4.69) is 0 Å². The van der Waals surface area contributed by atoms with Crippen LogP contribution < -0.4 is 4.74 Å². The molecule has 4 nitrogen and oxygen atoms in total. The molecule has 198 valence electrons.